The van der Waals surface area contributed by atoms with Gasteiger partial charge in [-0.3, -0.25) is 0 Å². The Bertz CT molecular complexity index is 798. The van der Waals surface area contributed by atoms with Crippen molar-refractivity contribution in [3.8, 4) is 6.07 Å². The average molecular weight is 520 g/mol. The Morgan fingerprint density at radius 3 is 2.31 bits per heavy atom. The lowest BCUT2D eigenvalue weighted by Gasteiger charge is -2.33. The molecule has 2 aromatic rings. The van der Waals surface area contributed by atoms with Crippen molar-refractivity contribution in [2.45, 2.75) is 51.9 Å². The third-order valence-corrected chi connectivity index (χ3v) is 7.64. The Morgan fingerprint density at radius 1 is 1.00 bits per heavy atom. The first-order valence-corrected chi connectivity index (χ1v) is 12.1. The number of benzene rings is 2. The second kappa shape index (κ2) is 11.9. The van der Waals surface area contributed by atoms with Gasteiger partial charge in [-0.1, -0.05) is 57.2 Å². The molecule has 2 rings (SSSR count). The van der Waals surface area contributed by atoms with Gasteiger partial charge in [-0.05, 0) is 99.8 Å². The van der Waals surface area contributed by atoms with E-state index < -0.39 is 5.41 Å². The van der Waals surface area contributed by atoms with Gasteiger partial charge in [0.15, 0.2) is 0 Å². The summed E-state index contributed by atoms with van der Waals surface area (Å²) in [4.78, 5) is 2.55. The van der Waals surface area contributed by atoms with Crippen LogP contribution in [0.25, 0.3) is 0 Å². The highest BCUT2D eigenvalue weighted by atomic mass is 79.9. The van der Waals surface area contributed by atoms with Crippen molar-refractivity contribution in [3.63, 3.8) is 0 Å². The van der Waals surface area contributed by atoms with Gasteiger partial charge in [0, 0.05) is 15.5 Å². The molecule has 0 radical (unpaired) electrons. The third kappa shape index (κ3) is 6.67. The van der Waals surface area contributed by atoms with Crippen molar-refractivity contribution in [2.24, 2.45) is 5.92 Å². The van der Waals surface area contributed by atoms with E-state index in [0.717, 1.165) is 59.8 Å². The van der Waals surface area contributed by atoms with Crippen molar-refractivity contribution in [1.29, 1.82) is 5.26 Å². The predicted molar refractivity (Wildman–Crippen MR) is 130 cm³/mol. The van der Waals surface area contributed by atoms with Crippen LogP contribution >= 0.6 is 31.9 Å². The van der Waals surface area contributed by atoms with Gasteiger partial charge in [-0.25, -0.2) is 0 Å². The number of halogens is 2. The molecule has 1 unspecified atom stereocenters. The van der Waals surface area contributed by atoms with Crippen LogP contribution in [-0.2, 0) is 11.8 Å². The summed E-state index contributed by atoms with van der Waals surface area (Å²) in [5.41, 5.74) is 2.04. The molecule has 0 N–H and O–H groups in total. The van der Waals surface area contributed by atoms with Crippen LogP contribution in [-0.4, -0.2) is 24.5 Å². The second-order valence-corrected chi connectivity index (χ2v) is 9.76. The van der Waals surface area contributed by atoms with Crippen molar-refractivity contribution in [2.75, 3.05) is 19.6 Å². The first kappa shape index (κ1) is 24.1. The summed E-state index contributed by atoms with van der Waals surface area (Å²) >= 11 is 7.15. The van der Waals surface area contributed by atoms with Gasteiger partial charge in [0.25, 0.3) is 0 Å². The highest BCUT2D eigenvalue weighted by Crippen LogP contribution is 2.39. The van der Waals surface area contributed by atoms with Crippen LogP contribution in [0.1, 0.15) is 51.2 Å². The van der Waals surface area contributed by atoms with Crippen LogP contribution in [0.3, 0.4) is 0 Å². The normalized spacial score (nSPS) is 13.4. The minimum absolute atomic E-state index is 0.254. The van der Waals surface area contributed by atoms with Gasteiger partial charge in [0.1, 0.15) is 0 Å². The first-order valence-electron chi connectivity index (χ1n) is 10.6. The number of hydrogen-bond acceptors (Lipinski definition) is 2. The number of nitrogens with zero attached hydrogens (tertiary/aromatic N) is 2. The van der Waals surface area contributed by atoms with E-state index >= 15 is 0 Å². The lowest BCUT2D eigenvalue weighted by Crippen LogP contribution is -2.34. The molecule has 29 heavy (non-hydrogen) atoms. The summed E-state index contributed by atoms with van der Waals surface area (Å²) in [6.07, 6.45) is 4.13. The first-order chi connectivity index (χ1) is 13.9. The minimum Gasteiger partial charge on any atom is -0.303 e. The number of hydrogen-bond donors (Lipinski definition) is 0. The summed E-state index contributed by atoms with van der Waals surface area (Å²) in [5.74, 6) is 0.254. The van der Waals surface area contributed by atoms with Crippen molar-refractivity contribution >= 4 is 31.9 Å². The van der Waals surface area contributed by atoms with Crippen LogP contribution < -0.4 is 0 Å². The summed E-state index contributed by atoms with van der Waals surface area (Å²) in [6, 6.07) is 19.6. The smallest absolute Gasteiger partial charge is 0.0846 e. The lowest BCUT2D eigenvalue weighted by molar-refractivity contribution is 0.254. The van der Waals surface area contributed by atoms with Gasteiger partial charge in [0.05, 0.1) is 11.5 Å². The van der Waals surface area contributed by atoms with Crippen LogP contribution in [0.4, 0.5) is 0 Å². The highest BCUT2D eigenvalue weighted by Gasteiger charge is 2.36. The lowest BCUT2D eigenvalue weighted by atomic mass is 9.70. The molecule has 4 heteroatoms. The third-order valence-electron chi connectivity index (χ3n) is 5.76. The maximum atomic E-state index is 10.2. The molecule has 0 spiro atoms. The zero-order valence-corrected chi connectivity index (χ0v) is 21.0. The molecule has 2 aromatic carbocycles. The standard InChI is InChI=1S/C25H32Br2N2/c1-4-15-29(17-13-21-9-6-5-7-10-21)16-8-14-25(19-28,20(2)3)22-11-12-23(26)24(27)18-22/h5-7,9-12,18,20H,4,8,13-17H2,1-3H3. The molecule has 0 aliphatic heterocycles. The maximum absolute atomic E-state index is 10.2. The molecular formula is C25H32Br2N2. The Balaban J connectivity index is 2.05. The van der Waals surface area contributed by atoms with E-state index in [1.165, 1.54) is 5.56 Å². The van der Waals surface area contributed by atoms with Crippen LogP contribution in [0, 0.1) is 17.2 Å². The van der Waals surface area contributed by atoms with Crippen LogP contribution in [0.5, 0.6) is 0 Å². The maximum Gasteiger partial charge on any atom is 0.0846 e. The molecular weight excluding hydrogens is 488 g/mol. The highest BCUT2D eigenvalue weighted by molar-refractivity contribution is 9.13. The van der Waals surface area contributed by atoms with Gasteiger partial charge < -0.3 is 4.90 Å². The summed E-state index contributed by atoms with van der Waals surface area (Å²) in [5, 5.41) is 10.2. The van der Waals surface area contributed by atoms with Crippen molar-refractivity contribution < 1.29 is 0 Å². The molecule has 0 aliphatic rings. The Morgan fingerprint density at radius 2 is 1.72 bits per heavy atom. The largest absolute Gasteiger partial charge is 0.303 e. The van der Waals surface area contributed by atoms with Gasteiger partial charge in [-0.15, -0.1) is 0 Å². The molecule has 156 valence electrons. The van der Waals surface area contributed by atoms with Gasteiger partial charge >= 0.3 is 0 Å². The quantitative estimate of drug-likeness (QED) is 0.310. The zero-order chi connectivity index (χ0) is 21.3. The predicted octanol–water partition coefficient (Wildman–Crippen LogP) is 7.36. The number of rotatable bonds is 11. The van der Waals surface area contributed by atoms with E-state index in [4.69, 9.17) is 0 Å². The molecule has 0 amide bonds. The van der Waals surface area contributed by atoms with Crippen molar-refractivity contribution in [1.82, 2.24) is 4.90 Å². The summed E-state index contributed by atoms with van der Waals surface area (Å²) in [6.45, 7) is 9.79. The molecule has 1 atom stereocenters. The fraction of sp³-hybridized carbons (Fsp3) is 0.480. The molecule has 0 fully saturated rings. The molecule has 0 saturated carbocycles. The van der Waals surface area contributed by atoms with Crippen LogP contribution in [0.2, 0.25) is 0 Å². The van der Waals surface area contributed by atoms with E-state index in [1.807, 2.05) is 6.07 Å². The number of nitriles is 1. The van der Waals surface area contributed by atoms with E-state index in [0.29, 0.717) is 0 Å². The van der Waals surface area contributed by atoms with E-state index in [9.17, 15) is 5.26 Å². The second-order valence-electron chi connectivity index (χ2n) is 8.05. The van der Waals surface area contributed by atoms with Gasteiger partial charge in [0.2, 0.25) is 0 Å². The van der Waals surface area contributed by atoms with Crippen molar-refractivity contribution in [3.05, 3.63) is 68.6 Å². The zero-order valence-electron chi connectivity index (χ0n) is 17.8. The van der Waals surface area contributed by atoms with E-state index in [2.05, 4.69) is 106 Å². The summed E-state index contributed by atoms with van der Waals surface area (Å²) in [7, 11) is 0. The Kier molecular flexibility index (Phi) is 9.89. The SMILES string of the molecule is CCCN(CCCC(C#N)(c1ccc(Br)c(Br)c1)C(C)C)CCc1ccccc1. The molecule has 0 heterocycles. The van der Waals surface area contributed by atoms with Crippen LogP contribution in [0.15, 0.2) is 57.5 Å². The fourth-order valence-electron chi connectivity index (χ4n) is 3.95. The average Bonchev–Trinajstić information content (AvgIpc) is 2.72. The van der Waals surface area contributed by atoms with E-state index in [-0.39, 0.29) is 5.92 Å². The van der Waals surface area contributed by atoms with E-state index in [1.54, 1.807) is 0 Å². The monoisotopic (exact) mass is 518 g/mol. The molecule has 0 aromatic heterocycles. The summed E-state index contributed by atoms with van der Waals surface area (Å²) < 4.78 is 2.03. The Hall–Kier alpha value is -1.15. The molecule has 0 bridgehead atoms. The molecule has 2 nitrogen and oxygen atoms in total. The minimum atomic E-state index is -0.458. The van der Waals surface area contributed by atoms with Gasteiger partial charge in [-0.2, -0.15) is 5.26 Å². The fourth-order valence-corrected chi connectivity index (χ4v) is 4.58. The Labute approximate surface area is 193 Å². The topological polar surface area (TPSA) is 27.0 Å². The molecule has 0 saturated heterocycles. The molecule has 0 aliphatic carbocycles.